The average molecular weight is 458 g/mol. The number of halogens is 1. The van der Waals surface area contributed by atoms with Crippen LogP contribution in [-0.2, 0) is 19.5 Å². The van der Waals surface area contributed by atoms with Crippen molar-refractivity contribution in [3.63, 3.8) is 0 Å². The van der Waals surface area contributed by atoms with Gasteiger partial charge in [0.25, 0.3) is 5.56 Å². The van der Waals surface area contributed by atoms with Crippen molar-refractivity contribution in [1.29, 1.82) is 0 Å². The number of benzene rings is 1. The van der Waals surface area contributed by atoms with Crippen LogP contribution in [0.3, 0.4) is 0 Å². The molecule has 1 aromatic carbocycles. The van der Waals surface area contributed by atoms with Crippen molar-refractivity contribution in [2.24, 2.45) is 0 Å². The minimum Gasteiger partial charge on any atom is -0.310 e. The lowest BCUT2D eigenvalue weighted by Crippen LogP contribution is -2.35. The van der Waals surface area contributed by atoms with Crippen LogP contribution in [-0.4, -0.2) is 21.4 Å². The highest BCUT2D eigenvalue weighted by molar-refractivity contribution is 9.10. The molecule has 0 unspecified atom stereocenters. The third-order valence-electron chi connectivity index (χ3n) is 6.13. The van der Waals surface area contributed by atoms with Crippen LogP contribution >= 0.6 is 27.3 Å². The molecule has 28 heavy (non-hydrogen) atoms. The van der Waals surface area contributed by atoms with E-state index in [1.54, 1.807) is 0 Å². The molecule has 4 nitrogen and oxygen atoms in total. The van der Waals surface area contributed by atoms with Crippen molar-refractivity contribution in [1.82, 2.24) is 14.9 Å². The van der Waals surface area contributed by atoms with Gasteiger partial charge in [-0.2, -0.15) is 0 Å². The Balaban J connectivity index is 1.40. The van der Waals surface area contributed by atoms with Crippen LogP contribution in [0, 0.1) is 0 Å². The first-order valence-corrected chi connectivity index (χ1v) is 11.8. The minimum atomic E-state index is 0.0910. The summed E-state index contributed by atoms with van der Waals surface area (Å²) < 4.78 is 2.52. The van der Waals surface area contributed by atoms with Gasteiger partial charge < -0.3 is 4.98 Å². The van der Waals surface area contributed by atoms with Crippen LogP contribution in [0.1, 0.15) is 60.0 Å². The van der Waals surface area contributed by atoms with E-state index in [9.17, 15) is 4.79 Å². The van der Waals surface area contributed by atoms with Crippen molar-refractivity contribution in [3.05, 3.63) is 61.1 Å². The molecule has 3 aromatic rings. The van der Waals surface area contributed by atoms with E-state index in [1.165, 1.54) is 38.7 Å². The molecule has 1 saturated carbocycles. The Kier molecular flexibility index (Phi) is 5.11. The molecule has 5 rings (SSSR count). The van der Waals surface area contributed by atoms with Gasteiger partial charge in [0.15, 0.2) is 0 Å². The molecule has 0 bridgehead atoms. The molecule has 1 aliphatic carbocycles. The van der Waals surface area contributed by atoms with Crippen LogP contribution in [0.2, 0.25) is 0 Å². The maximum Gasteiger partial charge on any atom is 0.254 e. The van der Waals surface area contributed by atoms with E-state index in [0.717, 1.165) is 56.0 Å². The first-order valence-electron chi connectivity index (χ1n) is 10.2. The van der Waals surface area contributed by atoms with E-state index in [1.807, 2.05) is 11.3 Å². The zero-order chi connectivity index (χ0) is 19.1. The lowest BCUT2D eigenvalue weighted by atomic mass is 9.88. The fourth-order valence-electron chi connectivity index (χ4n) is 4.59. The van der Waals surface area contributed by atoms with Crippen molar-refractivity contribution in [2.75, 3.05) is 6.54 Å². The quantitative estimate of drug-likeness (QED) is 0.576. The summed E-state index contributed by atoms with van der Waals surface area (Å²) >= 11 is 5.65. The van der Waals surface area contributed by atoms with Gasteiger partial charge in [0.05, 0.1) is 5.69 Å². The molecule has 0 amide bonds. The zero-order valence-corrected chi connectivity index (χ0v) is 18.2. The number of nitrogens with zero attached hydrogens (tertiary/aromatic N) is 2. The predicted molar refractivity (Wildman–Crippen MR) is 118 cm³/mol. The van der Waals surface area contributed by atoms with E-state index in [2.05, 4.69) is 50.1 Å². The Bertz CT molecular complexity index is 1070. The number of thiophene rings is 1. The van der Waals surface area contributed by atoms with Crippen LogP contribution < -0.4 is 5.56 Å². The van der Waals surface area contributed by atoms with Gasteiger partial charge in [0.2, 0.25) is 0 Å². The van der Waals surface area contributed by atoms with Crippen molar-refractivity contribution >= 4 is 37.4 Å². The third kappa shape index (κ3) is 3.46. The van der Waals surface area contributed by atoms with Gasteiger partial charge in [0, 0.05) is 50.6 Å². The zero-order valence-electron chi connectivity index (χ0n) is 15.8. The summed E-state index contributed by atoms with van der Waals surface area (Å²) in [6, 6.07) is 8.53. The van der Waals surface area contributed by atoms with Gasteiger partial charge in [0.1, 0.15) is 5.82 Å². The predicted octanol–water partition coefficient (Wildman–Crippen LogP) is 5.35. The summed E-state index contributed by atoms with van der Waals surface area (Å²) in [4.78, 5) is 24.5. The highest BCUT2D eigenvalue weighted by Crippen LogP contribution is 2.37. The molecular formula is C22H24BrN3OS. The molecule has 2 aromatic heterocycles. The van der Waals surface area contributed by atoms with Crippen LogP contribution in [0.4, 0.5) is 0 Å². The molecule has 2 aliphatic rings. The molecule has 6 heteroatoms. The Hall–Kier alpha value is -1.50. The molecule has 0 spiro atoms. The highest BCUT2D eigenvalue weighted by Gasteiger charge is 2.25. The van der Waals surface area contributed by atoms with Crippen molar-refractivity contribution < 1.29 is 0 Å². The number of aromatic nitrogens is 2. The Morgan fingerprint density at radius 2 is 2.04 bits per heavy atom. The summed E-state index contributed by atoms with van der Waals surface area (Å²) in [5.74, 6) is 1.35. The monoisotopic (exact) mass is 457 g/mol. The number of H-pyrrole nitrogens is 1. The number of fused-ring (bicyclic) bond motifs is 2. The Labute approximate surface area is 177 Å². The number of hydrogen-bond acceptors (Lipinski definition) is 4. The van der Waals surface area contributed by atoms with Gasteiger partial charge in [-0.05, 0) is 41.3 Å². The van der Waals surface area contributed by atoms with Crippen LogP contribution in [0.25, 0.3) is 10.1 Å². The molecule has 0 atom stereocenters. The molecule has 0 saturated heterocycles. The SMILES string of the molecule is O=c1[nH]c(C2CCCCC2)nc2c1CCN(Cc1sc3ccccc3c1Br)C2. The molecular weight excluding hydrogens is 434 g/mol. The molecule has 146 valence electrons. The second kappa shape index (κ2) is 7.73. The lowest BCUT2D eigenvalue weighted by Gasteiger charge is -2.28. The summed E-state index contributed by atoms with van der Waals surface area (Å²) in [7, 11) is 0. The van der Waals surface area contributed by atoms with E-state index in [0.29, 0.717) is 5.92 Å². The van der Waals surface area contributed by atoms with Crippen LogP contribution in [0.5, 0.6) is 0 Å². The van der Waals surface area contributed by atoms with Crippen molar-refractivity contribution in [3.8, 4) is 0 Å². The van der Waals surface area contributed by atoms with E-state index in [4.69, 9.17) is 4.98 Å². The smallest absolute Gasteiger partial charge is 0.254 e. The average Bonchev–Trinajstić information content (AvgIpc) is 3.04. The molecule has 1 aliphatic heterocycles. The first kappa shape index (κ1) is 18.5. The maximum absolute atomic E-state index is 12.6. The Morgan fingerprint density at radius 3 is 2.86 bits per heavy atom. The van der Waals surface area contributed by atoms with Crippen LogP contribution in [0.15, 0.2) is 33.5 Å². The van der Waals surface area contributed by atoms with Gasteiger partial charge in [-0.15, -0.1) is 11.3 Å². The molecule has 1 fully saturated rings. The van der Waals surface area contributed by atoms with Gasteiger partial charge in [-0.1, -0.05) is 37.5 Å². The normalized spacial score (nSPS) is 18.5. The number of nitrogens with one attached hydrogen (secondary N) is 1. The van der Waals surface area contributed by atoms with Gasteiger partial charge in [-0.3, -0.25) is 9.69 Å². The standard InChI is InChI=1S/C22H24BrN3OS/c23-20-16-8-4-5-9-18(16)28-19(20)13-26-11-10-15-17(12-26)24-21(25-22(15)27)14-6-2-1-3-7-14/h4-5,8-9,14H,1-3,6-7,10-13H2,(H,24,25,27). The lowest BCUT2D eigenvalue weighted by molar-refractivity contribution is 0.241. The fourth-order valence-corrected chi connectivity index (χ4v) is 6.57. The van der Waals surface area contributed by atoms with E-state index in [-0.39, 0.29) is 5.56 Å². The molecule has 0 radical (unpaired) electrons. The van der Waals surface area contributed by atoms with E-state index < -0.39 is 0 Å². The summed E-state index contributed by atoms with van der Waals surface area (Å²) in [5, 5.41) is 1.29. The molecule has 1 N–H and O–H groups in total. The summed E-state index contributed by atoms with van der Waals surface area (Å²) in [5.41, 5.74) is 1.98. The third-order valence-corrected chi connectivity index (χ3v) is 8.46. The number of aromatic amines is 1. The highest BCUT2D eigenvalue weighted by atomic mass is 79.9. The van der Waals surface area contributed by atoms with Gasteiger partial charge in [-0.25, -0.2) is 4.98 Å². The second-order valence-electron chi connectivity index (χ2n) is 8.01. The minimum absolute atomic E-state index is 0.0910. The Morgan fingerprint density at radius 1 is 1.21 bits per heavy atom. The van der Waals surface area contributed by atoms with Crippen molar-refractivity contribution in [2.45, 2.75) is 57.5 Å². The summed E-state index contributed by atoms with van der Waals surface area (Å²) in [6.45, 7) is 2.56. The molecule has 3 heterocycles. The summed E-state index contributed by atoms with van der Waals surface area (Å²) in [6.07, 6.45) is 6.89. The number of hydrogen-bond donors (Lipinski definition) is 1. The topological polar surface area (TPSA) is 49.0 Å². The maximum atomic E-state index is 12.6. The van der Waals surface area contributed by atoms with Gasteiger partial charge >= 0.3 is 0 Å². The second-order valence-corrected chi connectivity index (χ2v) is 9.94. The largest absolute Gasteiger partial charge is 0.310 e. The van der Waals surface area contributed by atoms with E-state index >= 15 is 0 Å². The number of rotatable bonds is 3. The fraction of sp³-hybridized carbons (Fsp3) is 0.455. The first-order chi connectivity index (χ1) is 13.7.